The summed E-state index contributed by atoms with van der Waals surface area (Å²) in [5, 5.41) is 29.6. The lowest BCUT2D eigenvalue weighted by Crippen LogP contribution is -2.56. The van der Waals surface area contributed by atoms with Crippen molar-refractivity contribution in [2.24, 2.45) is 11.1 Å². The molecule has 0 radical (unpaired) electrons. The lowest BCUT2D eigenvalue weighted by atomic mass is 9.82. The molecule has 3 aromatic rings. The van der Waals surface area contributed by atoms with E-state index in [1.54, 1.807) is 19.3 Å². The maximum Gasteiger partial charge on any atom is 0.303 e. The van der Waals surface area contributed by atoms with E-state index in [0.717, 1.165) is 23.8 Å². The molecule has 0 aliphatic carbocycles. The summed E-state index contributed by atoms with van der Waals surface area (Å²) >= 11 is 0. The average molecular weight is 784 g/mol. The Balaban J connectivity index is 2.07. The largest absolute Gasteiger partial charge is 0.481 e. The topological polar surface area (TPSA) is 225 Å². The van der Waals surface area contributed by atoms with Gasteiger partial charge in [0.15, 0.2) is 0 Å². The van der Waals surface area contributed by atoms with Crippen LogP contribution < -0.4 is 27.0 Å². The van der Waals surface area contributed by atoms with Crippen LogP contribution >= 0.6 is 0 Å². The number of aromatic nitrogens is 1. The van der Waals surface area contributed by atoms with E-state index in [4.69, 9.17) is 10.8 Å². The standard InChI is InChI=1S/C39H51F2N7O8/c1-39(2,3)36(31-18-25(27-19-26(40)10-11-28(27)41)22-47(31)21-24-8-6-5-7-9-24)48(34(52)23-49)17-14-29(37(55)44-16-15-43-4)46-38(56)30(20-32(42)50)45-33(51)12-13-35(53)54/h5-11,18-19,22,29-30,36,43,49H,12-17,20-21,23H2,1-4H3,(H2,42,50)(H,44,55)(H,45,51)(H,46,56)(H,53,54)/t29-,30-,36-/m0/s1. The number of nitrogens with two attached hydrogens (primary N) is 1. The van der Waals surface area contributed by atoms with Crippen molar-refractivity contribution in [2.75, 3.05) is 33.3 Å². The third-order valence-electron chi connectivity index (χ3n) is 8.82. The van der Waals surface area contributed by atoms with Crippen molar-refractivity contribution in [2.45, 2.75) is 71.1 Å². The Morgan fingerprint density at radius 3 is 2.21 bits per heavy atom. The fourth-order valence-electron chi connectivity index (χ4n) is 6.24. The van der Waals surface area contributed by atoms with Crippen molar-refractivity contribution < 1.29 is 47.8 Å². The molecule has 8 N–H and O–H groups in total. The minimum Gasteiger partial charge on any atom is -0.481 e. The van der Waals surface area contributed by atoms with Crippen molar-refractivity contribution in [1.29, 1.82) is 0 Å². The van der Waals surface area contributed by atoms with Gasteiger partial charge in [-0.05, 0) is 48.7 Å². The van der Waals surface area contributed by atoms with Crippen LogP contribution in [0.4, 0.5) is 8.78 Å². The highest BCUT2D eigenvalue weighted by molar-refractivity contribution is 5.95. The van der Waals surface area contributed by atoms with Crippen LogP contribution in [0.15, 0.2) is 60.8 Å². The number of nitrogens with zero attached hydrogens (tertiary/aromatic N) is 2. The highest BCUT2D eigenvalue weighted by atomic mass is 19.1. The number of likely N-dealkylation sites (N-methyl/N-ethyl adjacent to an activating group) is 1. The first-order chi connectivity index (χ1) is 26.4. The molecule has 17 heteroatoms. The minimum atomic E-state index is -1.55. The molecule has 0 spiro atoms. The van der Waals surface area contributed by atoms with Gasteiger partial charge in [0.2, 0.25) is 29.5 Å². The normalized spacial score (nSPS) is 12.9. The number of hydrogen-bond acceptors (Lipinski definition) is 8. The summed E-state index contributed by atoms with van der Waals surface area (Å²) in [6.07, 6.45) is -0.256. The quantitative estimate of drug-likeness (QED) is 0.0782. The molecule has 304 valence electrons. The maximum absolute atomic E-state index is 15.1. The number of aliphatic carboxylic acids is 1. The van der Waals surface area contributed by atoms with Crippen molar-refractivity contribution in [1.82, 2.24) is 30.7 Å². The first-order valence-corrected chi connectivity index (χ1v) is 18.1. The van der Waals surface area contributed by atoms with Gasteiger partial charge in [0.05, 0.1) is 18.9 Å². The average Bonchev–Trinajstić information content (AvgIpc) is 3.53. The van der Waals surface area contributed by atoms with E-state index in [9.17, 15) is 38.3 Å². The molecule has 15 nitrogen and oxygen atoms in total. The van der Waals surface area contributed by atoms with Gasteiger partial charge in [-0.1, -0.05) is 51.1 Å². The monoisotopic (exact) mass is 783 g/mol. The van der Waals surface area contributed by atoms with Gasteiger partial charge >= 0.3 is 5.97 Å². The van der Waals surface area contributed by atoms with Crippen LogP contribution in [0.5, 0.6) is 0 Å². The first-order valence-electron chi connectivity index (χ1n) is 18.1. The summed E-state index contributed by atoms with van der Waals surface area (Å²) in [4.78, 5) is 77.4. The van der Waals surface area contributed by atoms with E-state index in [1.807, 2.05) is 55.7 Å². The fourth-order valence-corrected chi connectivity index (χ4v) is 6.24. The minimum absolute atomic E-state index is 0.00709. The number of nitrogens with one attached hydrogen (secondary N) is 4. The molecule has 5 amide bonds. The summed E-state index contributed by atoms with van der Waals surface area (Å²) in [7, 11) is 1.67. The van der Waals surface area contributed by atoms with Crippen LogP contribution in [0.25, 0.3) is 11.1 Å². The molecule has 0 unspecified atom stereocenters. The van der Waals surface area contributed by atoms with E-state index in [2.05, 4.69) is 21.3 Å². The fraction of sp³-hybridized carbons (Fsp3) is 0.436. The van der Waals surface area contributed by atoms with Gasteiger partial charge in [-0.25, -0.2) is 8.78 Å². The predicted octanol–water partition coefficient (Wildman–Crippen LogP) is 1.83. The number of carboxylic acids is 1. The van der Waals surface area contributed by atoms with Crippen molar-refractivity contribution in [3.05, 3.63) is 83.7 Å². The van der Waals surface area contributed by atoms with Crippen molar-refractivity contribution in [3.63, 3.8) is 0 Å². The number of amides is 5. The molecule has 0 fully saturated rings. The smallest absolute Gasteiger partial charge is 0.303 e. The molecule has 3 rings (SSSR count). The number of aliphatic hydroxyl groups is 1. The van der Waals surface area contributed by atoms with Gasteiger partial charge in [-0.15, -0.1) is 0 Å². The van der Waals surface area contributed by atoms with E-state index < -0.39 is 96.5 Å². The summed E-state index contributed by atoms with van der Waals surface area (Å²) in [6.45, 7) is 5.18. The molecule has 56 heavy (non-hydrogen) atoms. The molecular formula is C39H51F2N7O8. The lowest BCUT2D eigenvalue weighted by molar-refractivity contribution is -0.140. The summed E-state index contributed by atoms with van der Waals surface area (Å²) in [5.74, 6) is -6.72. The molecule has 0 bridgehead atoms. The number of benzene rings is 2. The summed E-state index contributed by atoms with van der Waals surface area (Å²) in [6, 6.07) is 10.3. The number of rotatable bonds is 21. The first kappa shape index (κ1) is 44.7. The van der Waals surface area contributed by atoms with E-state index in [1.165, 1.54) is 4.90 Å². The van der Waals surface area contributed by atoms with Crippen LogP contribution in [-0.2, 0) is 35.3 Å². The number of hydrogen-bond donors (Lipinski definition) is 7. The van der Waals surface area contributed by atoms with Crippen LogP contribution in [0.2, 0.25) is 0 Å². The number of carboxylic acid groups (broad SMARTS) is 1. The number of primary amides is 1. The maximum atomic E-state index is 15.1. The van der Waals surface area contributed by atoms with Crippen LogP contribution in [-0.4, -0.2) is 101 Å². The Kier molecular flexibility index (Phi) is 16.6. The third-order valence-corrected chi connectivity index (χ3v) is 8.82. The van der Waals surface area contributed by atoms with E-state index >= 15 is 4.39 Å². The molecule has 0 saturated carbocycles. The molecule has 0 saturated heterocycles. The second-order valence-electron chi connectivity index (χ2n) is 14.3. The summed E-state index contributed by atoms with van der Waals surface area (Å²) in [5.41, 5.74) is 6.25. The van der Waals surface area contributed by atoms with Gasteiger partial charge in [0.25, 0.3) is 0 Å². The molecular weight excluding hydrogens is 732 g/mol. The van der Waals surface area contributed by atoms with Gasteiger partial charge in [-0.2, -0.15) is 0 Å². The molecule has 0 aliphatic heterocycles. The lowest BCUT2D eigenvalue weighted by Gasteiger charge is -2.41. The molecule has 3 atom stereocenters. The Hall–Kier alpha value is -5.68. The van der Waals surface area contributed by atoms with Crippen LogP contribution in [0.1, 0.15) is 63.8 Å². The van der Waals surface area contributed by atoms with E-state index in [-0.39, 0.29) is 31.6 Å². The van der Waals surface area contributed by atoms with Gasteiger partial charge in [0.1, 0.15) is 30.3 Å². The van der Waals surface area contributed by atoms with Crippen LogP contribution in [0.3, 0.4) is 0 Å². The third kappa shape index (κ3) is 13.3. The highest BCUT2D eigenvalue weighted by Gasteiger charge is 2.38. The second kappa shape index (κ2) is 20.8. The molecule has 2 aromatic carbocycles. The van der Waals surface area contributed by atoms with Gasteiger partial charge in [0, 0.05) is 55.6 Å². The summed E-state index contributed by atoms with van der Waals surface area (Å²) < 4.78 is 31.4. The zero-order chi connectivity index (χ0) is 41.6. The van der Waals surface area contributed by atoms with Crippen molar-refractivity contribution >= 4 is 35.5 Å². The Morgan fingerprint density at radius 1 is 0.911 bits per heavy atom. The molecule has 0 aliphatic rings. The molecule has 1 heterocycles. The zero-order valence-electron chi connectivity index (χ0n) is 31.9. The predicted molar refractivity (Wildman–Crippen MR) is 202 cm³/mol. The zero-order valence-corrected chi connectivity index (χ0v) is 31.9. The number of halogens is 2. The Morgan fingerprint density at radius 2 is 1.61 bits per heavy atom. The second-order valence-corrected chi connectivity index (χ2v) is 14.3. The highest BCUT2D eigenvalue weighted by Crippen LogP contribution is 2.41. The Labute approximate surface area is 324 Å². The van der Waals surface area contributed by atoms with Crippen molar-refractivity contribution in [3.8, 4) is 11.1 Å². The van der Waals surface area contributed by atoms with E-state index in [0.29, 0.717) is 17.8 Å². The SMILES string of the molecule is CNCCNC(=O)[C@H](CCN(C(=O)CO)[C@@H](c1cc(-c2cc(F)ccc2F)cn1Cc1ccccc1)C(C)(C)C)NC(=O)[C@H](CC(N)=O)NC(=O)CCC(=O)O. The number of aliphatic hydroxyl groups excluding tert-OH is 1. The number of carbonyl (C=O) groups excluding carboxylic acids is 5. The Bertz CT molecular complexity index is 1850. The molecule has 1 aromatic heterocycles. The van der Waals surface area contributed by atoms with Crippen LogP contribution in [0, 0.1) is 17.0 Å². The van der Waals surface area contributed by atoms with Gasteiger partial charge in [-0.3, -0.25) is 28.8 Å². The number of carbonyl (C=O) groups is 6. The van der Waals surface area contributed by atoms with Gasteiger partial charge < -0.3 is 46.7 Å².